The first kappa shape index (κ1) is 37.6. The van der Waals surface area contributed by atoms with E-state index in [1.807, 2.05) is 30.3 Å². The summed E-state index contributed by atoms with van der Waals surface area (Å²) < 4.78 is 35.4. The van der Waals surface area contributed by atoms with Crippen molar-refractivity contribution in [1.29, 1.82) is 0 Å². The van der Waals surface area contributed by atoms with Gasteiger partial charge < -0.3 is 15.0 Å². The first-order valence-electron chi connectivity index (χ1n) is 16.4. The average Bonchev–Trinajstić information content (AvgIpc) is 3.62. The Morgan fingerprint density at radius 3 is 2.33 bits per heavy atom. The van der Waals surface area contributed by atoms with Crippen LogP contribution in [0.3, 0.4) is 0 Å². The van der Waals surface area contributed by atoms with E-state index in [4.69, 9.17) is 27.9 Å². The molecule has 0 radical (unpaired) electrons. The van der Waals surface area contributed by atoms with Crippen LogP contribution >= 0.6 is 23.2 Å². The zero-order valence-electron chi connectivity index (χ0n) is 28.1. The standard InChI is InChI=1S/C37H38Cl2N4O7S/c1-25-16-18-30(22-32(25)43(46)47)51(48,49)42(33-21-28(38)17-19-35(33)50-2)24-36(44)41(23-27-12-6-9-15-31(27)39)34(20-26-10-4-3-5-11-26)37(45)40-29-13-7-8-14-29/h3-6,9-12,15-19,21-22,29,34H,7-8,13-14,20,23-24H2,1-2H3,(H,40,45). The Kier molecular flexibility index (Phi) is 12.2. The number of hydrogen-bond acceptors (Lipinski definition) is 7. The Balaban J connectivity index is 1.64. The first-order chi connectivity index (χ1) is 24.4. The van der Waals surface area contributed by atoms with Crippen molar-refractivity contribution < 1.29 is 27.7 Å². The van der Waals surface area contributed by atoms with E-state index >= 15 is 0 Å². The van der Waals surface area contributed by atoms with Crippen LogP contribution in [0.4, 0.5) is 11.4 Å². The maximum atomic E-state index is 14.8. The predicted molar refractivity (Wildman–Crippen MR) is 197 cm³/mol. The summed E-state index contributed by atoms with van der Waals surface area (Å²) in [5, 5.41) is 15.5. The van der Waals surface area contributed by atoms with Crippen LogP contribution in [-0.2, 0) is 32.6 Å². The number of halogens is 2. The van der Waals surface area contributed by atoms with Crippen LogP contribution in [0, 0.1) is 17.0 Å². The normalized spacial score (nSPS) is 13.7. The van der Waals surface area contributed by atoms with E-state index in [1.54, 1.807) is 24.3 Å². The molecule has 1 fully saturated rings. The fourth-order valence-electron chi connectivity index (χ4n) is 6.18. The molecule has 4 aromatic carbocycles. The monoisotopic (exact) mass is 752 g/mol. The molecule has 1 unspecified atom stereocenters. The number of aryl methyl sites for hydroxylation is 1. The van der Waals surface area contributed by atoms with Gasteiger partial charge in [-0.25, -0.2) is 8.42 Å². The zero-order chi connectivity index (χ0) is 36.7. The molecule has 0 aromatic heterocycles. The number of sulfonamides is 1. The molecule has 1 aliphatic rings. The minimum atomic E-state index is -4.69. The minimum Gasteiger partial charge on any atom is -0.495 e. The van der Waals surface area contributed by atoms with Gasteiger partial charge in [0.05, 0.1) is 22.6 Å². The summed E-state index contributed by atoms with van der Waals surface area (Å²) in [6.45, 7) is 0.559. The zero-order valence-corrected chi connectivity index (χ0v) is 30.5. The van der Waals surface area contributed by atoms with Crippen LogP contribution in [0.2, 0.25) is 10.0 Å². The topological polar surface area (TPSA) is 139 Å². The average molecular weight is 754 g/mol. The van der Waals surface area contributed by atoms with Crippen molar-refractivity contribution in [2.75, 3.05) is 18.0 Å². The molecular weight excluding hydrogens is 715 g/mol. The molecular formula is C37H38Cl2N4O7S. The molecule has 0 saturated heterocycles. The van der Waals surface area contributed by atoms with Gasteiger partial charge >= 0.3 is 0 Å². The van der Waals surface area contributed by atoms with Gasteiger partial charge in [-0.15, -0.1) is 0 Å². The number of hydrogen-bond donors (Lipinski definition) is 1. The lowest BCUT2D eigenvalue weighted by molar-refractivity contribution is -0.385. The molecule has 4 aromatic rings. The van der Waals surface area contributed by atoms with Crippen molar-refractivity contribution in [3.63, 3.8) is 0 Å². The van der Waals surface area contributed by atoms with Gasteiger partial charge in [0.15, 0.2) is 0 Å². The number of carbonyl (C=O) groups excluding carboxylic acids is 2. The van der Waals surface area contributed by atoms with Gasteiger partial charge in [0.2, 0.25) is 11.8 Å². The molecule has 0 heterocycles. The van der Waals surface area contributed by atoms with Crippen molar-refractivity contribution in [3.05, 3.63) is 128 Å². The molecule has 14 heteroatoms. The van der Waals surface area contributed by atoms with E-state index in [1.165, 1.54) is 49.3 Å². The van der Waals surface area contributed by atoms with Gasteiger partial charge in [-0.05, 0) is 61.2 Å². The van der Waals surface area contributed by atoms with E-state index in [0.29, 0.717) is 10.6 Å². The number of carbonyl (C=O) groups is 2. The Morgan fingerprint density at radius 1 is 0.980 bits per heavy atom. The molecule has 51 heavy (non-hydrogen) atoms. The van der Waals surface area contributed by atoms with Gasteiger partial charge in [-0.1, -0.05) is 90.6 Å². The highest BCUT2D eigenvalue weighted by Gasteiger charge is 2.37. The first-order valence-corrected chi connectivity index (χ1v) is 18.6. The Labute approximate surface area is 307 Å². The van der Waals surface area contributed by atoms with Crippen molar-refractivity contribution in [2.45, 2.75) is 62.6 Å². The third-order valence-electron chi connectivity index (χ3n) is 8.92. The number of nitro benzene ring substituents is 1. The smallest absolute Gasteiger partial charge is 0.273 e. The van der Waals surface area contributed by atoms with Crippen molar-refractivity contribution >= 4 is 56.4 Å². The molecule has 1 saturated carbocycles. The van der Waals surface area contributed by atoms with E-state index in [-0.39, 0.29) is 46.9 Å². The maximum absolute atomic E-state index is 14.8. The Morgan fingerprint density at radius 2 is 1.67 bits per heavy atom. The summed E-state index contributed by atoms with van der Waals surface area (Å²) in [5.41, 5.74) is 1.10. The van der Waals surface area contributed by atoms with Crippen LogP contribution in [0.15, 0.2) is 95.9 Å². The fourth-order valence-corrected chi connectivity index (χ4v) is 7.98. The van der Waals surface area contributed by atoms with Crippen LogP contribution in [0.1, 0.15) is 42.4 Å². The molecule has 1 aliphatic carbocycles. The molecule has 11 nitrogen and oxygen atoms in total. The van der Waals surface area contributed by atoms with Gasteiger partial charge in [-0.3, -0.25) is 24.0 Å². The van der Waals surface area contributed by atoms with E-state index in [9.17, 15) is 28.1 Å². The quantitative estimate of drug-likeness (QED) is 0.107. The number of rotatable bonds is 14. The summed E-state index contributed by atoms with van der Waals surface area (Å²) in [6, 6.07) is 22.8. The number of ether oxygens (including phenoxy) is 1. The fraction of sp³-hybridized carbons (Fsp3) is 0.297. The summed E-state index contributed by atoms with van der Waals surface area (Å²) >= 11 is 12.9. The number of nitro groups is 1. The van der Waals surface area contributed by atoms with Crippen molar-refractivity contribution in [3.8, 4) is 5.75 Å². The van der Waals surface area contributed by atoms with Crippen molar-refractivity contribution in [2.24, 2.45) is 0 Å². The van der Waals surface area contributed by atoms with Gasteiger partial charge in [0.25, 0.3) is 15.7 Å². The molecule has 2 amide bonds. The highest BCUT2D eigenvalue weighted by atomic mass is 35.5. The summed E-state index contributed by atoms with van der Waals surface area (Å²) in [7, 11) is -3.36. The number of anilines is 1. The molecule has 0 spiro atoms. The van der Waals surface area contributed by atoms with E-state index in [0.717, 1.165) is 41.6 Å². The van der Waals surface area contributed by atoms with Gasteiger partial charge in [0, 0.05) is 40.7 Å². The second-order valence-corrected chi connectivity index (χ2v) is 15.0. The molecule has 0 bridgehead atoms. The summed E-state index contributed by atoms with van der Waals surface area (Å²) in [6.07, 6.45) is 3.70. The highest BCUT2D eigenvalue weighted by molar-refractivity contribution is 7.92. The predicted octanol–water partition coefficient (Wildman–Crippen LogP) is 7.11. The number of methoxy groups -OCH3 is 1. The number of nitrogens with one attached hydrogen (secondary N) is 1. The minimum absolute atomic E-state index is 0.0574. The lowest BCUT2D eigenvalue weighted by Gasteiger charge is -2.34. The molecule has 268 valence electrons. The highest BCUT2D eigenvalue weighted by Crippen LogP contribution is 2.36. The third-order valence-corrected chi connectivity index (χ3v) is 11.3. The molecule has 1 atom stereocenters. The van der Waals surface area contributed by atoms with Crippen molar-refractivity contribution in [1.82, 2.24) is 10.2 Å². The SMILES string of the molecule is COc1ccc(Cl)cc1N(CC(=O)N(Cc1ccccc1Cl)C(Cc1ccccc1)C(=O)NC1CCCC1)S(=O)(=O)c1ccc(C)c([N+](=O)[O-])c1. The number of nitrogens with zero attached hydrogens (tertiary/aromatic N) is 3. The number of benzene rings is 4. The lowest BCUT2D eigenvalue weighted by atomic mass is 10.0. The Bertz CT molecular complexity index is 2010. The largest absolute Gasteiger partial charge is 0.495 e. The second-order valence-electron chi connectivity index (χ2n) is 12.3. The third kappa shape index (κ3) is 8.99. The van der Waals surface area contributed by atoms with Gasteiger partial charge in [-0.2, -0.15) is 0 Å². The van der Waals surface area contributed by atoms with Crippen LogP contribution < -0.4 is 14.4 Å². The lowest BCUT2D eigenvalue weighted by Crippen LogP contribution is -2.54. The van der Waals surface area contributed by atoms with Crippen LogP contribution in [-0.4, -0.2) is 55.8 Å². The molecule has 0 aliphatic heterocycles. The number of amides is 2. The van der Waals surface area contributed by atoms with Gasteiger partial charge in [0.1, 0.15) is 18.3 Å². The second kappa shape index (κ2) is 16.6. The molecule has 5 rings (SSSR count). The Hall–Kier alpha value is -4.65. The maximum Gasteiger partial charge on any atom is 0.273 e. The summed E-state index contributed by atoms with van der Waals surface area (Å²) in [5.74, 6) is -1.03. The summed E-state index contributed by atoms with van der Waals surface area (Å²) in [4.78, 5) is 41.1. The van der Waals surface area contributed by atoms with Crippen LogP contribution in [0.5, 0.6) is 5.75 Å². The van der Waals surface area contributed by atoms with E-state index in [2.05, 4.69) is 5.32 Å². The van der Waals surface area contributed by atoms with E-state index < -0.39 is 44.0 Å². The van der Waals surface area contributed by atoms with Crippen LogP contribution in [0.25, 0.3) is 0 Å². The molecule has 1 N–H and O–H groups in total.